The van der Waals surface area contributed by atoms with Gasteiger partial charge < -0.3 is 99.8 Å². The zero-order valence-corrected chi connectivity index (χ0v) is 52.7. The molecule has 0 aliphatic carbocycles. The lowest BCUT2D eigenvalue weighted by molar-refractivity contribution is -0.418. The van der Waals surface area contributed by atoms with Crippen molar-refractivity contribution >= 4 is 47.8 Å². The number of hydrogen-bond donors (Lipinski definition) is 1. The van der Waals surface area contributed by atoms with Gasteiger partial charge in [0.05, 0.1) is 25.4 Å². The quantitative estimate of drug-likeness (QED) is 0.0862. The van der Waals surface area contributed by atoms with Crippen molar-refractivity contribution in [3.63, 3.8) is 0 Å². The SMILES string of the molecule is CC(=O)OCC1O[C@@H](O[C@@H]2C(OC(C)=O)[C@H](O[C@@H]3C(OC(=O)c4ccccc4)[C@H](O[C@@H]4C(O)[C@H](OCc5ccccc5)OC5COC(c6ccccc6)O[C@@H]54)OC4COC(c5ccccc5)O[C@@H]43)OC(COC(C)=O)[C@@H]2OC(C)=O)C(OC(C)=O)[C@@H](OC(C)=O)[C@H]1OC(C)=O. The van der Waals surface area contributed by atoms with Crippen molar-refractivity contribution in [1.82, 2.24) is 0 Å². The number of carbonyl (C=O) groups is 8. The number of aliphatic hydroxyl groups excluding tert-OH is 1. The summed E-state index contributed by atoms with van der Waals surface area (Å²) in [4.78, 5) is 106. The van der Waals surface area contributed by atoms with Crippen molar-refractivity contribution < 1.29 is 138 Å². The van der Waals surface area contributed by atoms with Crippen LogP contribution in [0.25, 0.3) is 0 Å². The third kappa shape index (κ3) is 17.8. The monoisotopic (exact) mass is 1330 g/mol. The number of benzene rings is 4. The highest BCUT2D eigenvalue weighted by Crippen LogP contribution is 2.44. The maximum absolute atomic E-state index is 14.9. The van der Waals surface area contributed by atoms with Gasteiger partial charge in [-0.05, 0) is 17.7 Å². The fourth-order valence-electron chi connectivity index (χ4n) is 11.8. The van der Waals surface area contributed by atoms with E-state index in [9.17, 15) is 43.5 Å². The van der Waals surface area contributed by atoms with E-state index >= 15 is 0 Å². The Morgan fingerprint density at radius 2 is 0.768 bits per heavy atom. The first kappa shape index (κ1) is 69.9. The largest absolute Gasteiger partial charge is 0.463 e. The van der Waals surface area contributed by atoms with Gasteiger partial charge in [0.15, 0.2) is 74.4 Å². The smallest absolute Gasteiger partial charge is 0.338 e. The summed E-state index contributed by atoms with van der Waals surface area (Å²) >= 11 is 0. The number of hydrogen-bond acceptors (Lipinski definition) is 29. The molecule has 29 heteroatoms. The predicted octanol–water partition coefficient (Wildman–Crippen LogP) is 3.86. The molecular formula is C66H74O29. The predicted molar refractivity (Wildman–Crippen MR) is 313 cm³/mol. The van der Waals surface area contributed by atoms with E-state index in [1.54, 1.807) is 72.8 Å². The molecule has 4 aromatic rings. The van der Waals surface area contributed by atoms with Crippen LogP contribution in [-0.2, 0) is 135 Å². The van der Waals surface area contributed by atoms with E-state index in [1.807, 2.05) is 36.4 Å². The highest BCUT2D eigenvalue weighted by atomic mass is 16.8. The van der Waals surface area contributed by atoms with E-state index in [0.29, 0.717) is 11.1 Å². The van der Waals surface area contributed by atoms with Gasteiger partial charge in [0.1, 0.15) is 74.3 Å². The van der Waals surface area contributed by atoms with Crippen molar-refractivity contribution in [2.24, 2.45) is 0 Å². The first-order chi connectivity index (χ1) is 45.7. The zero-order chi connectivity index (χ0) is 67.4. The van der Waals surface area contributed by atoms with Crippen LogP contribution in [0.2, 0.25) is 0 Å². The minimum absolute atomic E-state index is 0.0249. The summed E-state index contributed by atoms with van der Waals surface area (Å²) in [5, 5.41) is 12.6. The molecule has 0 saturated carbocycles. The molecule has 0 spiro atoms. The molecule has 29 nitrogen and oxygen atoms in total. The van der Waals surface area contributed by atoms with Gasteiger partial charge in [-0.15, -0.1) is 0 Å². The van der Waals surface area contributed by atoms with Crippen LogP contribution in [0, 0.1) is 0 Å². The number of ether oxygens (including phenoxy) is 20. The van der Waals surface area contributed by atoms with Gasteiger partial charge in [-0.3, -0.25) is 33.6 Å². The Morgan fingerprint density at radius 3 is 1.25 bits per heavy atom. The average molecular weight is 1330 g/mol. The summed E-state index contributed by atoms with van der Waals surface area (Å²) in [7, 11) is 0. The van der Waals surface area contributed by atoms with Crippen molar-refractivity contribution in [3.8, 4) is 0 Å². The number of fused-ring (bicyclic) bond motifs is 2. The molecule has 6 aliphatic rings. The van der Waals surface area contributed by atoms with E-state index in [0.717, 1.165) is 54.0 Å². The summed E-state index contributed by atoms with van der Waals surface area (Å²) in [6, 6.07) is 34.6. The standard InChI is InChI=1S/C66H74O29/c1-33(67)76-29-44-50(81-35(3)69)54(83-37(5)71)57(84-38(6)72)64(87-44)94-55-51(82-36(4)70)45(30-77-34(2)68)88-65(58(55)85-39(7)73)95-56-52-47(32-80-62(92-52)43-26-18-11-19-27-43)89-66(59(56)90-60(75)41-22-14-9-15-23-41)93-53-48(74)63(78-28-40-20-12-8-13-21-40)86-46-31-79-61(91-49(46)53)42-24-16-10-17-25-42/h8-27,44-59,61-66,74H,28-32H2,1-7H3/t44?,45?,46?,47?,48?,49-,50-,51-,52-,53+,54-,55-,56-,57?,58?,59?,61?,62?,63+,64-,65-,66-/m0/s1. The minimum Gasteiger partial charge on any atom is -0.463 e. The van der Waals surface area contributed by atoms with E-state index < -0.39 is 196 Å². The molecule has 6 aliphatic heterocycles. The van der Waals surface area contributed by atoms with Crippen LogP contribution in [0.4, 0.5) is 0 Å². The molecule has 22 atom stereocenters. The van der Waals surface area contributed by atoms with Gasteiger partial charge >= 0.3 is 47.8 Å². The van der Waals surface area contributed by atoms with Crippen LogP contribution >= 0.6 is 0 Å². The highest BCUT2D eigenvalue weighted by molar-refractivity contribution is 5.89. The minimum atomic E-state index is -2.08. The molecular weight excluding hydrogens is 1260 g/mol. The third-order valence-corrected chi connectivity index (χ3v) is 15.7. The van der Waals surface area contributed by atoms with Crippen molar-refractivity contribution in [1.29, 1.82) is 0 Å². The molecule has 0 radical (unpaired) electrons. The second kappa shape index (κ2) is 32.2. The molecule has 95 heavy (non-hydrogen) atoms. The third-order valence-electron chi connectivity index (χ3n) is 15.7. The maximum atomic E-state index is 14.9. The maximum Gasteiger partial charge on any atom is 0.338 e. The van der Waals surface area contributed by atoms with E-state index in [2.05, 4.69) is 0 Å². The molecule has 4 aromatic carbocycles. The van der Waals surface area contributed by atoms with Crippen LogP contribution in [-0.4, -0.2) is 202 Å². The van der Waals surface area contributed by atoms with Crippen molar-refractivity contribution in [2.75, 3.05) is 26.4 Å². The Labute approximate surface area is 544 Å². The number of aliphatic hydroxyl groups is 1. The average Bonchev–Trinajstić information content (AvgIpc) is 0.755. The molecule has 1 N–H and O–H groups in total. The van der Waals surface area contributed by atoms with Gasteiger partial charge in [0, 0.05) is 59.6 Å². The second-order valence-corrected chi connectivity index (χ2v) is 22.8. The Bertz CT molecular complexity index is 3250. The van der Waals surface area contributed by atoms with E-state index in [4.69, 9.17) is 94.7 Å². The molecule has 6 heterocycles. The number of esters is 8. The first-order valence-corrected chi connectivity index (χ1v) is 30.6. The lowest BCUT2D eigenvalue weighted by Crippen LogP contribution is -2.70. The van der Waals surface area contributed by atoms with E-state index in [1.165, 1.54) is 12.1 Å². The summed E-state index contributed by atoms with van der Waals surface area (Å²) in [6.07, 6.45) is -35.8. The fourth-order valence-corrected chi connectivity index (χ4v) is 11.8. The summed E-state index contributed by atoms with van der Waals surface area (Å²) in [6.45, 7) is 5.29. The Kier molecular flexibility index (Phi) is 23.7. The van der Waals surface area contributed by atoms with E-state index in [-0.39, 0.29) is 25.4 Å². The molecule has 10 rings (SSSR count). The normalized spacial score (nSPS) is 33.5. The zero-order valence-electron chi connectivity index (χ0n) is 52.7. The highest BCUT2D eigenvalue weighted by Gasteiger charge is 2.62. The van der Waals surface area contributed by atoms with Crippen molar-refractivity contribution in [3.05, 3.63) is 144 Å². The van der Waals surface area contributed by atoms with Crippen LogP contribution in [0.15, 0.2) is 121 Å². The van der Waals surface area contributed by atoms with Gasteiger partial charge in [-0.2, -0.15) is 0 Å². The Hall–Kier alpha value is -7.88. The molecule has 6 fully saturated rings. The molecule has 6 saturated heterocycles. The second-order valence-electron chi connectivity index (χ2n) is 22.8. The topological polar surface area (TPSA) is 341 Å². The van der Waals surface area contributed by atoms with Gasteiger partial charge in [-0.25, -0.2) is 4.79 Å². The summed E-state index contributed by atoms with van der Waals surface area (Å²) in [5.74, 6) is -7.67. The fraction of sp³-hybridized carbons (Fsp3) is 0.515. The lowest BCUT2D eigenvalue weighted by Gasteiger charge is -2.53. The van der Waals surface area contributed by atoms with Crippen LogP contribution in [0.5, 0.6) is 0 Å². The molecule has 0 bridgehead atoms. The summed E-state index contributed by atoms with van der Waals surface area (Å²) in [5.41, 5.74) is 1.89. The Morgan fingerprint density at radius 1 is 0.389 bits per heavy atom. The van der Waals surface area contributed by atoms with Crippen LogP contribution in [0.1, 0.15) is 88.1 Å². The van der Waals surface area contributed by atoms with Gasteiger partial charge in [-0.1, -0.05) is 109 Å². The Balaban J connectivity index is 1.10. The summed E-state index contributed by atoms with van der Waals surface area (Å²) < 4.78 is 126. The van der Waals surface area contributed by atoms with Crippen LogP contribution in [0.3, 0.4) is 0 Å². The molecule has 0 amide bonds. The number of carbonyl (C=O) groups excluding carboxylic acids is 8. The van der Waals surface area contributed by atoms with Crippen molar-refractivity contribution in [2.45, 2.75) is 190 Å². The van der Waals surface area contributed by atoms with Crippen LogP contribution < -0.4 is 0 Å². The number of rotatable bonds is 22. The van der Waals surface area contributed by atoms with Gasteiger partial charge in [0.2, 0.25) is 0 Å². The molecule has 10 unspecified atom stereocenters. The molecule has 0 aromatic heterocycles. The first-order valence-electron chi connectivity index (χ1n) is 30.6. The van der Waals surface area contributed by atoms with Gasteiger partial charge in [0.25, 0.3) is 0 Å². The lowest BCUT2D eigenvalue weighted by atomic mass is 9.94. The molecule has 512 valence electrons.